The first-order chi connectivity index (χ1) is 7.41. The summed E-state index contributed by atoms with van der Waals surface area (Å²) in [4.78, 5) is 11.7. The maximum atomic E-state index is 11.7. The highest BCUT2D eigenvalue weighted by molar-refractivity contribution is 5.93. The van der Waals surface area contributed by atoms with Gasteiger partial charge in [0.15, 0.2) is 0 Å². The third-order valence-corrected chi connectivity index (χ3v) is 2.74. The van der Waals surface area contributed by atoms with Crippen molar-refractivity contribution in [1.82, 2.24) is 10.9 Å². The molecule has 1 amide bonds. The van der Waals surface area contributed by atoms with Crippen molar-refractivity contribution >= 4 is 5.91 Å². The zero-order valence-electron chi connectivity index (χ0n) is 10.4. The van der Waals surface area contributed by atoms with Gasteiger partial charge in [0.05, 0.1) is 0 Å². The first-order valence-electron chi connectivity index (χ1n) is 5.52. The van der Waals surface area contributed by atoms with Crippen LogP contribution in [0.15, 0.2) is 30.3 Å². The summed E-state index contributed by atoms with van der Waals surface area (Å²) >= 11 is 0. The average molecular weight is 220 g/mol. The van der Waals surface area contributed by atoms with Crippen molar-refractivity contribution in [2.75, 3.05) is 0 Å². The summed E-state index contributed by atoms with van der Waals surface area (Å²) in [6.07, 6.45) is 0. The van der Waals surface area contributed by atoms with E-state index in [1.165, 1.54) is 0 Å². The molecule has 1 aromatic rings. The highest BCUT2D eigenvalue weighted by atomic mass is 16.2. The van der Waals surface area contributed by atoms with Crippen LogP contribution in [0.2, 0.25) is 0 Å². The molecular weight excluding hydrogens is 200 g/mol. The maximum Gasteiger partial charge on any atom is 0.265 e. The van der Waals surface area contributed by atoms with E-state index in [1.807, 2.05) is 25.1 Å². The number of hydrogen-bond acceptors (Lipinski definition) is 2. The van der Waals surface area contributed by atoms with Crippen LogP contribution in [-0.2, 0) is 0 Å². The van der Waals surface area contributed by atoms with E-state index in [0.29, 0.717) is 5.56 Å². The largest absolute Gasteiger partial charge is 0.287 e. The molecular formula is C13H20N2O. The van der Waals surface area contributed by atoms with Gasteiger partial charge in [-0.2, -0.15) is 0 Å². The minimum atomic E-state index is -0.100. The monoisotopic (exact) mass is 220 g/mol. The fourth-order valence-electron chi connectivity index (χ4n) is 1.05. The first kappa shape index (κ1) is 12.7. The lowest BCUT2D eigenvalue weighted by Crippen LogP contribution is -2.48. The van der Waals surface area contributed by atoms with E-state index >= 15 is 0 Å². The minimum absolute atomic E-state index is 0.100. The fraction of sp³-hybridized carbons (Fsp3) is 0.462. The highest BCUT2D eigenvalue weighted by Crippen LogP contribution is 2.17. The summed E-state index contributed by atoms with van der Waals surface area (Å²) in [5.41, 5.74) is 6.52. The number of hydrazine groups is 1. The van der Waals surface area contributed by atoms with Crippen molar-refractivity contribution in [2.45, 2.75) is 33.7 Å². The summed E-state index contributed by atoms with van der Waals surface area (Å²) in [6.45, 7) is 8.42. The summed E-state index contributed by atoms with van der Waals surface area (Å²) in [5.74, 6) is -0.100. The SMILES string of the molecule is C[C@@H](NNC(=O)c1ccccc1)C(C)(C)C. The second-order valence-corrected chi connectivity index (χ2v) is 5.05. The Morgan fingerprint density at radius 1 is 1.19 bits per heavy atom. The van der Waals surface area contributed by atoms with Crippen LogP contribution >= 0.6 is 0 Å². The molecule has 0 aliphatic rings. The van der Waals surface area contributed by atoms with E-state index in [-0.39, 0.29) is 17.4 Å². The number of amides is 1. The third-order valence-electron chi connectivity index (χ3n) is 2.74. The second-order valence-electron chi connectivity index (χ2n) is 5.05. The molecule has 0 unspecified atom stereocenters. The molecule has 0 saturated heterocycles. The first-order valence-corrected chi connectivity index (χ1v) is 5.52. The van der Waals surface area contributed by atoms with Gasteiger partial charge in [-0.25, -0.2) is 5.43 Å². The maximum absolute atomic E-state index is 11.7. The van der Waals surface area contributed by atoms with Crippen LogP contribution < -0.4 is 10.9 Å². The van der Waals surface area contributed by atoms with E-state index < -0.39 is 0 Å². The van der Waals surface area contributed by atoms with Gasteiger partial charge < -0.3 is 0 Å². The molecule has 0 bridgehead atoms. The predicted molar refractivity (Wildman–Crippen MR) is 66.0 cm³/mol. The van der Waals surface area contributed by atoms with Gasteiger partial charge >= 0.3 is 0 Å². The lowest BCUT2D eigenvalue weighted by molar-refractivity contribution is 0.0911. The van der Waals surface area contributed by atoms with Crippen molar-refractivity contribution < 1.29 is 4.79 Å². The minimum Gasteiger partial charge on any atom is -0.287 e. The molecule has 0 aliphatic carbocycles. The molecule has 2 N–H and O–H groups in total. The highest BCUT2D eigenvalue weighted by Gasteiger charge is 2.20. The lowest BCUT2D eigenvalue weighted by atomic mass is 9.89. The van der Waals surface area contributed by atoms with Gasteiger partial charge in [0.1, 0.15) is 0 Å². The predicted octanol–water partition coefficient (Wildman–Crippen LogP) is 2.36. The van der Waals surface area contributed by atoms with Gasteiger partial charge in [0.25, 0.3) is 5.91 Å². The molecule has 0 saturated carbocycles. The zero-order chi connectivity index (χ0) is 12.2. The average Bonchev–Trinajstić information content (AvgIpc) is 2.25. The quantitative estimate of drug-likeness (QED) is 0.768. The Labute approximate surface area is 97.2 Å². The molecule has 3 nitrogen and oxygen atoms in total. The number of carbonyl (C=O) groups is 1. The van der Waals surface area contributed by atoms with Gasteiger partial charge in [0, 0.05) is 11.6 Å². The Bertz CT molecular complexity index is 341. The van der Waals surface area contributed by atoms with Gasteiger partial charge in [0.2, 0.25) is 0 Å². The van der Waals surface area contributed by atoms with Gasteiger partial charge in [-0.15, -0.1) is 0 Å². The van der Waals surface area contributed by atoms with E-state index in [9.17, 15) is 4.79 Å². The Morgan fingerprint density at radius 3 is 2.25 bits per heavy atom. The summed E-state index contributed by atoms with van der Waals surface area (Å²) < 4.78 is 0. The van der Waals surface area contributed by atoms with E-state index in [4.69, 9.17) is 0 Å². The Hall–Kier alpha value is -1.35. The van der Waals surface area contributed by atoms with Crippen molar-refractivity contribution in [1.29, 1.82) is 0 Å². The Kier molecular flexibility index (Phi) is 4.07. The molecule has 88 valence electrons. The van der Waals surface area contributed by atoms with Gasteiger partial charge in [-0.3, -0.25) is 10.2 Å². The number of rotatable bonds is 3. The Balaban J connectivity index is 2.48. The van der Waals surface area contributed by atoms with Crippen LogP contribution in [0.5, 0.6) is 0 Å². The third kappa shape index (κ3) is 3.66. The second kappa shape index (κ2) is 5.12. The van der Waals surface area contributed by atoms with Crippen LogP contribution in [0.4, 0.5) is 0 Å². The molecule has 1 atom stereocenters. The van der Waals surface area contributed by atoms with E-state index in [1.54, 1.807) is 12.1 Å². The van der Waals surface area contributed by atoms with E-state index in [2.05, 4.69) is 31.6 Å². The van der Waals surface area contributed by atoms with E-state index in [0.717, 1.165) is 0 Å². The lowest BCUT2D eigenvalue weighted by Gasteiger charge is -2.28. The van der Waals surface area contributed by atoms with Crippen LogP contribution in [0, 0.1) is 5.41 Å². The molecule has 0 radical (unpaired) electrons. The number of benzene rings is 1. The molecule has 1 aromatic carbocycles. The fourth-order valence-corrected chi connectivity index (χ4v) is 1.05. The number of carbonyl (C=O) groups excluding carboxylic acids is 1. The summed E-state index contributed by atoms with van der Waals surface area (Å²) in [5, 5.41) is 0. The molecule has 3 heteroatoms. The molecule has 16 heavy (non-hydrogen) atoms. The molecule has 0 spiro atoms. The van der Waals surface area contributed by atoms with Crippen molar-refractivity contribution in [2.24, 2.45) is 5.41 Å². The summed E-state index contributed by atoms with van der Waals surface area (Å²) in [7, 11) is 0. The van der Waals surface area contributed by atoms with Gasteiger partial charge in [-0.1, -0.05) is 39.0 Å². The number of nitrogens with one attached hydrogen (secondary N) is 2. The number of hydrogen-bond donors (Lipinski definition) is 2. The summed E-state index contributed by atoms with van der Waals surface area (Å²) in [6, 6.07) is 9.38. The van der Waals surface area contributed by atoms with Crippen LogP contribution in [-0.4, -0.2) is 11.9 Å². The zero-order valence-corrected chi connectivity index (χ0v) is 10.4. The standard InChI is InChI=1S/C13H20N2O/c1-10(13(2,3)4)14-15-12(16)11-8-6-5-7-9-11/h5-10,14H,1-4H3,(H,15,16)/t10-/m1/s1. The molecule has 1 rings (SSSR count). The molecule has 0 aromatic heterocycles. The normalized spacial score (nSPS) is 13.2. The van der Waals surface area contributed by atoms with Crippen molar-refractivity contribution in [3.63, 3.8) is 0 Å². The Morgan fingerprint density at radius 2 is 1.75 bits per heavy atom. The molecule has 0 fully saturated rings. The molecule has 0 aliphatic heterocycles. The smallest absolute Gasteiger partial charge is 0.265 e. The topological polar surface area (TPSA) is 41.1 Å². The molecule has 0 heterocycles. The van der Waals surface area contributed by atoms with Crippen LogP contribution in [0.1, 0.15) is 38.1 Å². The van der Waals surface area contributed by atoms with Gasteiger partial charge in [-0.05, 0) is 24.5 Å². The van der Waals surface area contributed by atoms with Crippen LogP contribution in [0.3, 0.4) is 0 Å². The van der Waals surface area contributed by atoms with Crippen molar-refractivity contribution in [3.8, 4) is 0 Å². The van der Waals surface area contributed by atoms with Crippen molar-refractivity contribution in [3.05, 3.63) is 35.9 Å². The van der Waals surface area contributed by atoms with Crippen LogP contribution in [0.25, 0.3) is 0 Å².